The molecule has 1 atom stereocenters. The number of hydrogen-bond acceptors (Lipinski definition) is 3. The molecule has 138 valence electrons. The van der Waals surface area contributed by atoms with Crippen molar-refractivity contribution in [2.75, 3.05) is 11.9 Å². The zero-order valence-corrected chi connectivity index (χ0v) is 16.2. The fraction of sp³-hybridized carbons (Fsp3) is 0.300. The Bertz CT molecular complexity index is 755. The van der Waals surface area contributed by atoms with Crippen LogP contribution in [0.1, 0.15) is 37.3 Å². The summed E-state index contributed by atoms with van der Waals surface area (Å²) in [5.74, 6) is -0.500. The van der Waals surface area contributed by atoms with E-state index < -0.39 is 11.9 Å². The van der Waals surface area contributed by atoms with E-state index in [-0.39, 0.29) is 13.0 Å². The molecule has 0 unspecified atom stereocenters. The van der Waals surface area contributed by atoms with Crippen molar-refractivity contribution in [2.24, 2.45) is 0 Å². The summed E-state index contributed by atoms with van der Waals surface area (Å²) in [4.78, 5) is 23.8. The summed E-state index contributed by atoms with van der Waals surface area (Å²) in [6.45, 7) is 3.91. The molecule has 0 saturated heterocycles. The van der Waals surface area contributed by atoms with E-state index >= 15 is 0 Å². The minimum absolute atomic E-state index is 0.0879. The van der Waals surface area contributed by atoms with Crippen LogP contribution in [0.25, 0.3) is 0 Å². The van der Waals surface area contributed by atoms with Gasteiger partial charge in [0.15, 0.2) is 6.61 Å². The zero-order chi connectivity index (χ0) is 19.1. The quantitative estimate of drug-likeness (QED) is 0.654. The minimum atomic E-state index is -0.567. The molecule has 4 nitrogen and oxygen atoms in total. The second-order valence-corrected chi connectivity index (χ2v) is 6.83. The SMILES string of the molecule is CC[C@@H](C)c1ccc(NC(=O)COC(=O)Cc2c(Cl)cccc2Cl)cc1. The first-order valence-electron chi connectivity index (χ1n) is 8.39. The van der Waals surface area contributed by atoms with Crippen molar-refractivity contribution in [3.8, 4) is 0 Å². The van der Waals surface area contributed by atoms with Gasteiger partial charge in [-0.25, -0.2) is 0 Å². The van der Waals surface area contributed by atoms with E-state index in [1.807, 2.05) is 24.3 Å². The van der Waals surface area contributed by atoms with Gasteiger partial charge in [-0.3, -0.25) is 9.59 Å². The number of hydrogen-bond donors (Lipinski definition) is 1. The van der Waals surface area contributed by atoms with Gasteiger partial charge in [0, 0.05) is 21.3 Å². The molecule has 0 aliphatic rings. The standard InChI is InChI=1S/C20H21Cl2NO3/c1-3-13(2)14-7-9-15(10-8-14)23-19(24)12-26-20(25)11-16-17(21)5-4-6-18(16)22/h4-10,13H,3,11-12H2,1-2H3,(H,23,24)/t13-/m1/s1. The maximum absolute atomic E-state index is 11.9. The number of anilines is 1. The first-order valence-corrected chi connectivity index (χ1v) is 9.14. The third-order valence-corrected chi connectivity index (χ3v) is 4.83. The minimum Gasteiger partial charge on any atom is -0.455 e. The third-order valence-electron chi connectivity index (χ3n) is 4.12. The molecule has 0 heterocycles. The predicted molar refractivity (Wildman–Crippen MR) is 105 cm³/mol. The molecule has 26 heavy (non-hydrogen) atoms. The van der Waals surface area contributed by atoms with Gasteiger partial charge in [0.1, 0.15) is 0 Å². The van der Waals surface area contributed by atoms with Gasteiger partial charge >= 0.3 is 5.97 Å². The van der Waals surface area contributed by atoms with Gasteiger partial charge in [-0.15, -0.1) is 0 Å². The van der Waals surface area contributed by atoms with Crippen LogP contribution in [0.3, 0.4) is 0 Å². The summed E-state index contributed by atoms with van der Waals surface area (Å²) in [5.41, 5.74) is 2.36. The van der Waals surface area contributed by atoms with Crippen molar-refractivity contribution in [1.82, 2.24) is 0 Å². The lowest BCUT2D eigenvalue weighted by molar-refractivity contribution is -0.146. The Labute approximate surface area is 163 Å². The number of halogens is 2. The van der Waals surface area contributed by atoms with Crippen LogP contribution in [0.4, 0.5) is 5.69 Å². The predicted octanol–water partition coefficient (Wildman–Crippen LogP) is 5.23. The Morgan fingerprint density at radius 2 is 1.69 bits per heavy atom. The highest BCUT2D eigenvalue weighted by atomic mass is 35.5. The lowest BCUT2D eigenvalue weighted by Crippen LogP contribution is -2.21. The lowest BCUT2D eigenvalue weighted by Gasteiger charge is -2.11. The van der Waals surface area contributed by atoms with Crippen LogP contribution in [-0.4, -0.2) is 18.5 Å². The Balaban J connectivity index is 1.84. The number of rotatable bonds is 7. The molecule has 1 N–H and O–H groups in total. The fourth-order valence-corrected chi connectivity index (χ4v) is 2.90. The van der Waals surface area contributed by atoms with Gasteiger partial charge < -0.3 is 10.1 Å². The highest BCUT2D eigenvalue weighted by Crippen LogP contribution is 2.25. The van der Waals surface area contributed by atoms with E-state index in [9.17, 15) is 9.59 Å². The van der Waals surface area contributed by atoms with Gasteiger partial charge in [-0.05, 0) is 42.2 Å². The maximum atomic E-state index is 11.9. The zero-order valence-electron chi connectivity index (χ0n) is 14.7. The largest absolute Gasteiger partial charge is 0.455 e. The van der Waals surface area contributed by atoms with Crippen molar-refractivity contribution in [1.29, 1.82) is 0 Å². The Hall–Kier alpha value is -2.04. The fourth-order valence-electron chi connectivity index (χ4n) is 2.37. The van der Waals surface area contributed by atoms with Crippen LogP contribution in [0.2, 0.25) is 10.0 Å². The van der Waals surface area contributed by atoms with Crippen molar-refractivity contribution < 1.29 is 14.3 Å². The number of carbonyl (C=O) groups is 2. The van der Waals surface area contributed by atoms with Crippen molar-refractivity contribution in [2.45, 2.75) is 32.6 Å². The molecule has 2 rings (SSSR count). The average molecular weight is 394 g/mol. The normalized spacial score (nSPS) is 11.7. The van der Waals surface area contributed by atoms with Crippen molar-refractivity contribution >= 4 is 40.8 Å². The average Bonchev–Trinajstić information content (AvgIpc) is 2.63. The Morgan fingerprint density at radius 3 is 2.27 bits per heavy atom. The molecule has 1 amide bonds. The van der Waals surface area contributed by atoms with Gasteiger partial charge in [0.2, 0.25) is 0 Å². The first-order chi connectivity index (χ1) is 12.4. The van der Waals surface area contributed by atoms with Gasteiger partial charge in [-0.1, -0.05) is 55.2 Å². The number of esters is 1. The second-order valence-electron chi connectivity index (χ2n) is 6.02. The van der Waals surface area contributed by atoms with E-state index in [4.69, 9.17) is 27.9 Å². The summed E-state index contributed by atoms with van der Waals surface area (Å²) < 4.78 is 5.00. The molecule has 0 radical (unpaired) electrons. The summed E-state index contributed by atoms with van der Waals surface area (Å²) in [6.07, 6.45) is 0.965. The van der Waals surface area contributed by atoms with Crippen LogP contribution >= 0.6 is 23.2 Å². The Morgan fingerprint density at radius 1 is 1.08 bits per heavy atom. The van der Waals surface area contributed by atoms with Crippen LogP contribution < -0.4 is 5.32 Å². The molecule has 0 spiro atoms. The molecule has 0 aromatic heterocycles. The molecular weight excluding hydrogens is 373 g/mol. The van der Waals surface area contributed by atoms with Crippen LogP contribution in [0, 0.1) is 0 Å². The monoisotopic (exact) mass is 393 g/mol. The highest BCUT2D eigenvalue weighted by molar-refractivity contribution is 6.36. The maximum Gasteiger partial charge on any atom is 0.310 e. The molecule has 0 bridgehead atoms. The van der Waals surface area contributed by atoms with Crippen molar-refractivity contribution in [3.63, 3.8) is 0 Å². The smallest absolute Gasteiger partial charge is 0.310 e. The Kier molecular flexibility index (Phi) is 7.49. The second kappa shape index (κ2) is 9.60. The molecule has 0 aliphatic carbocycles. The summed E-state index contributed by atoms with van der Waals surface area (Å²) in [5, 5.41) is 3.48. The number of carbonyl (C=O) groups excluding carboxylic acids is 2. The summed E-state index contributed by atoms with van der Waals surface area (Å²) >= 11 is 12.0. The van der Waals surface area contributed by atoms with E-state index in [1.165, 1.54) is 5.56 Å². The topological polar surface area (TPSA) is 55.4 Å². The summed E-state index contributed by atoms with van der Waals surface area (Å²) in [7, 11) is 0. The number of ether oxygens (including phenoxy) is 1. The number of amides is 1. The van der Waals surface area contributed by atoms with Gasteiger partial charge in [0.05, 0.1) is 6.42 Å². The van der Waals surface area contributed by atoms with E-state index in [2.05, 4.69) is 19.2 Å². The van der Waals surface area contributed by atoms with E-state index in [0.29, 0.717) is 27.2 Å². The molecule has 6 heteroatoms. The highest BCUT2D eigenvalue weighted by Gasteiger charge is 2.13. The molecule has 0 saturated carbocycles. The van der Waals surface area contributed by atoms with E-state index in [1.54, 1.807) is 18.2 Å². The van der Waals surface area contributed by atoms with Gasteiger partial charge in [0.25, 0.3) is 5.91 Å². The van der Waals surface area contributed by atoms with Crippen molar-refractivity contribution in [3.05, 3.63) is 63.6 Å². The number of nitrogens with one attached hydrogen (secondary N) is 1. The molecule has 0 fully saturated rings. The summed E-state index contributed by atoms with van der Waals surface area (Å²) in [6, 6.07) is 12.6. The first kappa shape index (κ1) is 20.3. The van der Waals surface area contributed by atoms with Gasteiger partial charge in [-0.2, -0.15) is 0 Å². The van der Waals surface area contributed by atoms with Crippen LogP contribution in [-0.2, 0) is 20.7 Å². The number of benzene rings is 2. The van der Waals surface area contributed by atoms with Crippen LogP contribution in [0.5, 0.6) is 0 Å². The molecule has 0 aliphatic heterocycles. The molecular formula is C20H21Cl2NO3. The van der Waals surface area contributed by atoms with Crippen LogP contribution in [0.15, 0.2) is 42.5 Å². The molecule has 2 aromatic rings. The lowest BCUT2D eigenvalue weighted by atomic mass is 9.99. The third kappa shape index (κ3) is 5.75. The molecule has 2 aromatic carbocycles. The van der Waals surface area contributed by atoms with E-state index in [0.717, 1.165) is 6.42 Å².